The predicted octanol–water partition coefficient (Wildman–Crippen LogP) is 1.29. The van der Waals surface area contributed by atoms with Crippen molar-refractivity contribution in [2.75, 3.05) is 31.6 Å². The van der Waals surface area contributed by atoms with Gasteiger partial charge in [-0.1, -0.05) is 6.07 Å². The van der Waals surface area contributed by atoms with E-state index in [1.54, 1.807) is 0 Å². The summed E-state index contributed by atoms with van der Waals surface area (Å²) in [5.74, 6) is 1.85. The highest BCUT2D eigenvalue weighted by Crippen LogP contribution is 2.34. The van der Waals surface area contributed by atoms with Gasteiger partial charge in [-0.2, -0.15) is 0 Å². The van der Waals surface area contributed by atoms with Gasteiger partial charge in [-0.15, -0.1) is 0 Å². The van der Waals surface area contributed by atoms with E-state index in [2.05, 4.69) is 44.6 Å². The zero-order chi connectivity index (χ0) is 17.9. The number of hydrogen-bond donors (Lipinski definition) is 2. The van der Waals surface area contributed by atoms with Crippen LogP contribution in [0.4, 0.5) is 5.82 Å². The SMILES string of the molecule is CN=C(NCc1ccc(N2CCOC(C)C2)nc1)NC1CC2CCC1O2. The van der Waals surface area contributed by atoms with E-state index in [0.29, 0.717) is 24.8 Å². The molecule has 0 amide bonds. The summed E-state index contributed by atoms with van der Waals surface area (Å²) in [6, 6.07) is 4.60. The molecule has 3 aliphatic heterocycles. The molecule has 4 atom stereocenters. The van der Waals surface area contributed by atoms with E-state index in [-0.39, 0.29) is 6.10 Å². The Kier molecular flexibility index (Phi) is 5.26. The van der Waals surface area contributed by atoms with E-state index < -0.39 is 0 Å². The van der Waals surface area contributed by atoms with Crippen LogP contribution in [0, 0.1) is 0 Å². The second-order valence-corrected chi connectivity index (χ2v) is 7.44. The van der Waals surface area contributed by atoms with Crippen molar-refractivity contribution in [3.8, 4) is 0 Å². The summed E-state index contributed by atoms with van der Waals surface area (Å²) in [6.45, 7) is 5.36. The zero-order valence-corrected chi connectivity index (χ0v) is 15.6. The first-order valence-electron chi connectivity index (χ1n) is 9.65. The number of morpholine rings is 1. The highest BCUT2D eigenvalue weighted by Gasteiger charge is 2.41. The van der Waals surface area contributed by atoms with Gasteiger partial charge in [-0.3, -0.25) is 4.99 Å². The maximum absolute atomic E-state index is 5.90. The van der Waals surface area contributed by atoms with Crippen LogP contribution in [-0.2, 0) is 16.0 Å². The average molecular weight is 359 g/mol. The number of aromatic nitrogens is 1. The first kappa shape index (κ1) is 17.5. The summed E-state index contributed by atoms with van der Waals surface area (Å²) in [7, 11) is 1.81. The van der Waals surface area contributed by atoms with Gasteiger partial charge in [0, 0.05) is 32.9 Å². The standard InChI is InChI=1S/C19H29N5O2/c1-13-12-24(7-8-25-13)18-6-3-14(10-21-18)11-22-19(20-2)23-16-9-15-4-5-17(16)26-15/h3,6,10,13,15-17H,4-5,7-9,11-12H2,1-2H3,(H2,20,22,23). The molecule has 1 aromatic rings. The van der Waals surface area contributed by atoms with Crippen molar-refractivity contribution in [2.24, 2.45) is 4.99 Å². The zero-order valence-electron chi connectivity index (χ0n) is 15.6. The molecule has 142 valence electrons. The molecule has 0 aliphatic carbocycles. The Balaban J connectivity index is 1.28. The lowest BCUT2D eigenvalue weighted by atomic mass is 9.96. The second kappa shape index (κ2) is 7.80. The van der Waals surface area contributed by atoms with Crippen LogP contribution in [0.15, 0.2) is 23.3 Å². The third kappa shape index (κ3) is 3.94. The number of fused-ring (bicyclic) bond motifs is 2. The molecule has 3 aliphatic rings. The number of rotatable bonds is 4. The van der Waals surface area contributed by atoms with E-state index >= 15 is 0 Å². The van der Waals surface area contributed by atoms with Gasteiger partial charge in [0.15, 0.2) is 5.96 Å². The largest absolute Gasteiger partial charge is 0.375 e. The van der Waals surface area contributed by atoms with Gasteiger partial charge >= 0.3 is 0 Å². The highest BCUT2D eigenvalue weighted by molar-refractivity contribution is 5.80. The van der Waals surface area contributed by atoms with Gasteiger partial charge in [0.1, 0.15) is 5.82 Å². The first-order valence-corrected chi connectivity index (χ1v) is 9.65. The van der Waals surface area contributed by atoms with Gasteiger partial charge in [0.2, 0.25) is 0 Å². The summed E-state index contributed by atoms with van der Waals surface area (Å²) in [5.41, 5.74) is 1.14. The number of pyridine rings is 1. The minimum absolute atomic E-state index is 0.260. The summed E-state index contributed by atoms with van der Waals surface area (Å²) in [5, 5.41) is 6.89. The first-order chi connectivity index (χ1) is 12.7. The van der Waals surface area contributed by atoms with Crippen molar-refractivity contribution in [1.29, 1.82) is 0 Å². The third-order valence-electron chi connectivity index (χ3n) is 5.49. The van der Waals surface area contributed by atoms with Crippen LogP contribution in [0.1, 0.15) is 31.7 Å². The van der Waals surface area contributed by atoms with Crippen LogP contribution in [0.2, 0.25) is 0 Å². The summed E-state index contributed by atoms with van der Waals surface area (Å²) in [6.07, 6.45) is 6.43. The molecule has 0 aromatic carbocycles. The van der Waals surface area contributed by atoms with E-state index in [0.717, 1.165) is 49.9 Å². The van der Waals surface area contributed by atoms with Gasteiger partial charge < -0.3 is 25.0 Å². The van der Waals surface area contributed by atoms with Crippen molar-refractivity contribution in [3.63, 3.8) is 0 Å². The van der Waals surface area contributed by atoms with Crippen molar-refractivity contribution in [3.05, 3.63) is 23.9 Å². The van der Waals surface area contributed by atoms with E-state index in [4.69, 9.17) is 9.47 Å². The van der Waals surface area contributed by atoms with Crippen LogP contribution in [0.3, 0.4) is 0 Å². The molecular formula is C19H29N5O2. The number of anilines is 1. The molecule has 26 heavy (non-hydrogen) atoms. The minimum Gasteiger partial charge on any atom is -0.375 e. The van der Waals surface area contributed by atoms with Crippen LogP contribution < -0.4 is 15.5 Å². The van der Waals surface area contributed by atoms with Crippen LogP contribution in [-0.4, -0.2) is 62.0 Å². The van der Waals surface area contributed by atoms with Gasteiger partial charge in [-0.05, 0) is 37.8 Å². The molecule has 2 N–H and O–H groups in total. The smallest absolute Gasteiger partial charge is 0.191 e. The molecule has 0 spiro atoms. The Hall–Kier alpha value is -1.86. The number of nitrogens with one attached hydrogen (secondary N) is 2. The second-order valence-electron chi connectivity index (χ2n) is 7.44. The van der Waals surface area contributed by atoms with Crippen LogP contribution >= 0.6 is 0 Å². The molecule has 0 radical (unpaired) electrons. The number of nitrogens with zero attached hydrogens (tertiary/aromatic N) is 3. The fraction of sp³-hybridized carbons (Fsp3) is 0.684. The fourth-order valence-electron chi connectivity index (χ4n) is 4.08. The maximum Gasteiger partial charge on any atom is 0.191 e. The molecular weight excluding hydrogens is 330 g/mol. The Morgan fingerprint density at radius 3 is 2.96 bits per heavy atom. The number of guanidine groups is 1. The number of aliphatic imine (C=N–C) groups is 1. The van der Waals surface area contributed by atoms with E-state index in [9.17, 15) is 0 Å². The van der Waals surface area contributed by atoms with E-state index in [1.165, 1.54) is 6.42 Å². The lowest BCUT2D eigenvalue weighted by molar-refractivity contribution is 0.0529. The maximum atomic E-state index is 5.90. The number of hydrogen-bond acceptors (Lipinski definition) is 5. The molecule has 3 fully saturated rings. The fourth-order valence-corrected chi connectivity index (χ4v) is 4.08. The van der Waals surface area contributed by atoms with Crippen LogP contribution in [0.5, 0.6) is 0 Å². The monoisotopic (exact) mass is 359 g/mol. The summed E-state index contributed by atoms with van der Waals surface area (Å²) >= 11 is 0. The lowest BCUT2D eigenvalue weighted by Gasteiger charge is -2.32. The molecule has 3 saturated heterocycles. The van der Waals surface area contributed by atoms with Crippen molar-refractivity contribution < 1.29 is 9.47 Å². The minimum atomic E-state index is 0.260. The predicted molar refractivity (Wildman–Crippen MR) is 101 cm³/mol. The normalized spacial score (nSPS) is 31.3. The molecule has 7 heteroatoms. The van der Waals surface area contributed by atoms with E-state index in [1.807, 2.05) is 13.2 Å². The highest BCUT2D eigenvalue weighted by atomic mass is 16.5. The Labute approximate surface area is 155 Å². The Bertz CT molecular complexity index is 635. The third-order valence-corrected chi connectivity index (χ3v) is 5.49. The Morgan fingerprint density at radius 1 is 1.38 bits per heavy atom. The lowest BCUT2D eigenvalue weighted by Crippen LogP contribution is -2.47. The van der Waals surface area contributed by atoms with Gasteiger partial charge in [0.05, 0.1) is 31.0 Å². The molecule has 1 aromatic heterocycles. The van der Waals surface area contributed by atoms with Gasteiger partial charge in [0.25, 0.3) is 0 Å². The van der Waals surface area contributed by atoms with Crippen molar-refractivity contribution >= 4 is 11.8 Å². The summed E-state index contributed by atoms with van der Waals surface area (Å²) < 4.78 is 11.5. The number of ether oxygens (including phenoxy) is 2. The Morgan fingerprint density at radius 2 is 2.31 bits per heavy atom. The molecule has 4 heterocycles. The van der Waals surface area contributed by atoms with Crippen molar-refractivity contribution in [2.45, 2.75) is 57.1 Å². The average Bonchev–Trinajstić information content (AvgIpc) is 3.28. The molecule has 0 saturated carbocycles. The summed E-state index contributed by atoms with van der Waals surface area (Å²) in [4.78, 5) is 11.2. The van der Waals surface area contributed by atoms with Gasteiger partial charge in [-0.25, -0.2) is 4.98 Å². The molecule has 2 bridgehead atoms. The van der Waals surface area contributed by atoms with Crippen LogP contribution in [0.25, 0.3) is 0 Å². The van der Waals surface area contributed by atoms with Crippen molar-refractivity contribution in [1.82, 2.24) is 15.6 Å². The molecule has 4 unspecified atom stereocenters. The molecule has 7 nitrogen and oxygen atoms in total. The quantitative estimate of drug-likeness (QED) is 0.624. The topological polar surface area (TPSA) is 71.0 Å². The molecule has 4 rings (SSSR count).